The van der Waals surface area contributed by atoms with Gasteiger partial charge in [0.15, 0.2) is 12.4 Å². The van der Waals surface area contributed by atoms with Gasteiger partial charge in [0.05, 0.1) is 4.92 Å². The second kappa shape index (κ2) is 8.10. The van der Waals surface area contributed by atoms with Crippen molar-refractivity contribution >= 4 is 17.3 Å². The number of benzene rings is 2. The summed E-state index contributed by atoms with van der Waals surface area (Å²) >= 11 is 0. The highest BCUT2D eigenvalue weighted by atomic mass is 16.6. The molecule has 126 valence electrons. The first-order valence-corrected chi connectivity index (χ1v) is 7.77. The largest absolute Gasteiger partial charge is 0.477 e. The van der Waals surface area contributed by atoms with E-state index >= 15 is 0 Å². The summed E-state index contributed by atoms with van der Waals surface area (Å²) in [5.41, 5.74) is 1.72. The highest BCUT2D eigenvalue weighted by Crippen LogP contribution is 2.25. The van der Waals surface area contributed by atoms with Crippen LogP contribution in [0.4, 0.5) is 11.4 Å². The lowest BCUT2D eigenvalue weighted by Crippen LogP contribution is -2.20. The van der Waals surface area contributed by atoms with E-state index in [0.29, 0.717) is 11.6 Å². The topological polar surface area (TPSA) is 81.5 Å². The summed E-state index contributed by atoms with van der Waals surface area (Å²) in [5, 5.41) is 13.6. The number of anilines is 1. The van der Waals surface area contributed by atoms with Crippen molar-refractivity contribution in [1.29, 1.82) is 0 Å². The Kier molecular flexibility index (Phi) is 5.89. The SMILES string of the molecule is CC[C@@H](C)c1ccc(NC(=O)COc2ccccc2[N+](=O)[O-])cc1. The molecule has 0 heterocycles. The molecule has 1 N–H and O–H groups in total. The molecule has 2 rings (SSSR count). The Labute approximate surface area is 140 Å². The molecule has 24 heavy (non-hydrogen) atoms. The van der Waals surface area contributed by atoms with Gasteiger partial charge < -0.3 is 10.1 Å². The third kappa shape index (κ3) is 4.55. The molecule has 1 amide bonds. The van der Waals surface area contributed by atoms with Gasteiger partial charge in [-0.2, -0.15) is 0 Å². The van der Waals surface area contributed by atoms with E-state index < -0.39 is 4.92 Å². The quantitative estimate of drug-likeness (QED) is 0.612. The van der Waals surface area contributed by atoms with Crippen LogP contribution in [0.2, 0.25) is 0 Å². The van der Waals surface area contributed by atoms with E-state index in [2.05, 4.69) is 19.2 Å². The van der Waals surface area contributed by atoms with Gasteiger partial charge in [0.2, 0.25) is 0 Å². The zero-order valence-electron chi connectivity index (χ0n) is 13.7. The zero-order valence-corrected chi connectivity index (χ0v) is 13.7. The molecule has 0 aliphatic rings. The van der Waals surface area contributed by atoms with E-state index in [1.54, 1.807) is 12.1 Å². The normalized spacial score (nSPS) is 11.6. The fourth-order valence-corrected chi connectivity index (χ4v) is 2.20. The number of amides is 1. The molecule has 0 radical (unpaired) electrons. The lowest BCUT2D eigenvalue weighted by atomic mass is 9.99. The van der Waals surface area contributed by atoms with Crippen molar-refractivity contribution in [3.8, 4) is 5.75 Å². The Bertz CT molecular complexity index is 713. The van der Waals surface area contributed by atoms with Gasteiger partial charge in [-0.15, -0.1) is 0 Å². The van der Waals surface area contributed by atoms with Crippen molar-refractivity contribution in [2.75, 3.05) is 11.9 Å². The molecule has 0 aliphatic carbocycles. The average molecular weight is 328 g/mol. The Morgan fingerprint density at radius 1 is 1.21 bits per heavy atom. The highest BCUT2D eigenvalue weighted by molar-refractivity contribution is 5.91. The number of nitrogens with one attached hydrogen (secondary N) is 1. The number of nitro benzene ring substituents is 1. The highest BCUT2D eigenvalue weighted by Gasteiger charge is 2.15. The van der Waals surface area contributed by atoms with Gasteiger partial charge in [-0.1, -0.05) is 38.1 Å². The third-order valence-corrected chi connectivity index (χ3v) is 3.80. The second-order valence-electron chi connectivity index (χ2n) is 5.49. The first-order chi connectivity index (χ1) is 11.5. The molecule has 0 fully saturated rings. The number of nitrogens with zero attached hydrogens (tertiary/aromatic N) is 1. The Morgan fingerprint density at radius 2 is 1.88 bits per heavy atom. The number of carbonyl (C=O) groups excluding carboxylic acids is 1. The van der Waals surface area contributed by atoms with Crippen molar-refractivity contribution < 1.29 is 14.5 Å². The zero-order chi connectivity index (χ0) is 17.5. The van der Waals surface area contributed by atoms with Crippen LogP contribution in [0.1, 0.15) is 31.7 Å². The van der Waals surface area contributed by atoms with Crippen LogP contribution in [0.3, 0.4) is 0 Å². The van der Waals surface area contributed by atoms with Gasteiger partial charge >= 0.3 is 5.69 Å². The summed E-state index contributed by atoms with van der Waals surface area (Å²) in [7, 11) is 0. The van der Waals surface area contributed by atoms with Crippen molar-refractivity contribution in [1.82, 2.24) is 0 Å². The lowest BCUT2D eigenvalue weighted by Gasteiger charge is -2.11. The minimum atomic E-state index is -0.541. The Morgan fingerprint density at radius 3 is 2.50 bits per heavy atom. The first kappa shape index (κ1) is 17.5. The Hall–Kier alpha value is -2.89. The maximum absolute atomic E-state index is 11.9. The molecule has 0 unspecified atom stereocenters. The molecule has 0 bridgehead atoms. The average Bonchev–Trinajstić information content (AvgIpc) is 2.60. The smallest absolute Gasteiger partial charge is 0.310 e. The second-order valence-corrected chi connectivity index (χ2v) is 5.49. The van der Waals surface area contributed by atoms with E-state index in [0.717, 1.165) is 6.42 Å². The predicted octanol–water partition coefficient (Wildman–Crippen LogP) is 4.13. The van der Waals surface area contributed by atoms with Crippen LogP contribution < -0.4 is 10.1 Å². The van der Waals surface area contributed by atoms with Gasteiger partial charge in [0, 0.05) is 11.8 Å². The number of rotatable bonds is 7. The summed E-state index contributed by atoms with van der Waals surface area (Å²) in [6.07, 6.45) is 1.05. The molecule has 2 aromatic carbocycles. The number of hydrogen-bond donors (Lipinski definition) is 1. The molecular formula is C18H20N2O4. The van der Waals surface area contributed by atoms with E-state index in [-0.39, 0.29) is 24.0 Å². The summed E-state index contributed by atoms with van der Waals surface area (Å²) < 4.78 is 5.26. The minimum absolute atomic E-state index is 0.0739. The van der Waals surface area contributed by atoms with Crippen LogP contribution in [0, 0.1) is 10.1 Å². The van der Waals surface area contributed by atoms with Crippen LogP contribution >= 0.6 is 0 Å². The lowest BCUT2D eigenvalue weighted by molar-refractivity contribution is -0.385. The van der Waals surface area contributed by atoms with Crippen LogP contribution in [0.15, 0.2) is 48.5 Å². The first-order valence-electron chi connectivity index (χ1n) is 7.77. The maximum atomic E-state index is 11.9. The van der Waals surface area contributed by atoms with Crippen molar-refractivity contribution in [3.63, 3.8) is 0 Å². The molecule has 2 aromatic rings. The fraction of sp³-hybridized carbons (Fsp3) is 0.278. The van der Waals surface area contributed by atoms with E-state index in [1.165, 1.54) is 17.7 Å². The molecule has 0 aromatic heterocycles. The van der Waals surface area contributed by atoms with Gasteiger partial charge in [0.25, 0.3) is 5.91 Å². The molecule has 6 heteroatoms. The summed E-state index contributed by atoms with van der Waals surface area (Å²) in [5.74, 6) is 0.172. The van der Waals surface area contributed by atoms with Crippen molar-refractivity contribution in [2.24, 2.45) is 0 Å². The van der Waals surface area contributed by atoms with Gasteiger partial charge in [-0.25, -0.2) is 0 Å². The van der Waals surface area contributed by atoms with Crippen LogP contribution in [0.5, 0.6) is 5.75 Å². The van der Waals surface area contributed by atoms with E-state index in [4.69, 9.17) is 4.74 Å². The monoisotopic (exact) mass is 328 g/mol. The maximum Gasteiger partial charge on any atom is 0.310 e. The standard InChI is InChI=1S/C18H20N2O4/c1-3-13(2)14-8-10-15(11-9-14)19-18(21)12-24-17-7-5-4-6-16(17)20(22)23/h4-11,13H,3,12H2,1-2H3,(H,19,21)/t13-/m1/s1. The fourth-order valence-electron chi connectivity index (χ4n) is 2.20. The molecule has 0 saturated carbocycles. The number of carbonyl (C=O) groups is 1. The third-order valence-electron chi connectivity index (χ3n) is 3.80. The predicted molar refractivity (Wildman–Crippen MR) is 92.4 cm³/mol. The summed E-state index contributed by atoms with van der Waals surface area (Å²) in [6, 6.07) is 13.6. The van der Waals surface area contributed by atoms with Crippen LogP contribution in [-0.2, 0) is 4.79 Å². The van der Waals surface area contributed by atoms with E-state index in [1.807, 2.05) is 24.3 Å². The van der Waals surface area contributed by atoms with Crippen LogP contribution in [-0.4, -0.2) is 17.4 Å². The Balaban J connectivity index is 1.93. The number of nitro groups is 1. The summed E-state index contributed by atoms with van der Waals surface area (Å²) in [6.45, 7) is 3.98. The molecule has 0 spiro atoms. The molecule has 0 aliphatic heterocycles. The minimum Gasteiger partial charge on any atom is -0.477 e. The molecule has 1 atom stereocenters. The van der Waals surface area contributed by atoms with Gasteiger partial charge in [-0.3, -0.25) is 14.9 Å². The number of hydrogen-bond acceptors (Lipinski definition) is 4. The number of ether oxygens (including phenoxy) is 1. The van der Waals surface area contributed by atoms with Gasteiger partial charge in [-0.05, 0) is 36.1 Å². The number of para-hydroxylation sites is 2. The molecular weight excluding hydrogens is 308 g/mol. The van der Waals surface area contributed by atoms with Crippen molar-refractivity contribution in [2.45, 2.75) is 26.2 Å². The molecule has 6 nitrogen and oxygen atoms in total. The van der Waals surface area contributed by atoms with Gasteiger partial charge in [0.1, 0.15) is 0 Å². The summed E-state index contributed by atoms with van der Waals surface area (Å²) in [4.78, 5) is 22.3. The van der Waals surface area contributed by atoms with Crippen molar-refractivity contribution in [3.05, 3.63) is 64.2 Å². The van der Waals surface area contributed by atoms with Crippen LogP contribution in [0.25, 0.3) is 0 Å². The molecule has 0 saturated heterocycles. The van der Waals surface area contributed by atoms with E-state index in [9.17, 15) is 14.9 Å².